The summed E-state index contributed by atoms with van der Waals surface area (Å²) in [6, 6.07) is 15.6. The number of esters is 1. The quantitative estimate of drug-likeness (QED) is 0.506. The van der Waals surface area contributed by atoms with Crippen molar-refractivity contribution < 1.29 is 18.7 Å². The predicted octanol–water partition coefficient (Wildman–Crippen LogP) is 6.58. The molecule has 3 nitrogen and oxygen atoms in total. The van der Waals surface area contributed by atoms with Gasteiger partial charge in [-0.15, -0.1) is 0 Å². The molecule has 6 heteroatoms. The molecule has 3 rings (SSSR count). The lowest BCUT2D eigenvalue weighted by atomic mass is 10.1. The Bertz CT molecular complexity index is 848. The lowest BCUT2D eigenvalue weighted by Crippen LogP contribution is -2.13. The Labute approximate surface area is 167 Å². The van der Waals surface area contributed by atoms with Gasteiger partial charge in [0, 0.05) is 5.56 Å². The van der Waals surface area contributed by atoms with Crippen molar-refractivity contribution in [1.82, 2.24) is 0 Å². The van der Waals surface area contributed by atoms with Crippen LogP contribution in [0.15, 0.2) is 65.2 Å². The zero-order valence-electron chi connectivity index (χ0n) is 14.9. The van der Waals surface area contributed by atoms with Crippen molar-refractivity contribution >= 4 is 29.2 Å². The first-order valence-electron chi connectivity index (χ1n) is 8.49. The average Bonchev–Trinajstić information content (AvgIpc) is 3.15. The van der Waals surface area contributed by atoms with Gasteiger partial charge in [-0.2, -0.15) is 4.39 Å². The number of carbonyl (C=O) groups is 1. The van der Waals surface area contributed by atoms with Crippen molar-refractivity contribution in [2.24, 2.45) is 17.3 Å². The maximum atomic E-state index is 14.6. The summed E-state index contributed by atoms with van der Waals surface area (Å²) < 4.78 is 25.4. The molecule has 0 aliphatic heterocycles. The van der Waals surface area contributed by atoms with E-state index in [1.807, 2.05) is 32.0 Å². The van der Waals surface area contributed by atoms with E-state index in [4.69, 9.17) is 32.7 Å². The molecular weight excluding hydrogens is 390 g/mol. The molecule has 0 spiro atoms. The van der Waals surface area contributed by atoms with Gasteiger partial charge in [0.05, 0.1) is 5.92 Å². The number of rotatable bonds is 6. The Morgan fingerprint density at radius 3 is 2.44 bits per heavy atom. The molecule has 2 aromatic rings. The van der Waals surface area contributed by atoms with Crippen LogP contribution in [0.2, 0.25) is 0 Å². The molecule has 3 atom stereocenters. The molecule has 2 aromatic carbocycles. The van der Waals surface area contributed by atoms with E-state index in [1.54, 1.807) is 36.4 Å². The fourth-order valence-corrected chi connectivity index (χ4v) is 3.43. The van der Waals surface area contributed by atoms with Gasteiger partial charge in [0.15, 0.2) is 0 Å². The minimum absolute atomic E-state index is 0.0888. The minimum Gasteiger partial charge on any atom is -0.457 e. The number of hydrogen-bond acceptors (Lipinski definition) is 3. The smallest absolute Gasteiger partial charge is 0.312 e. The van der Waals surface area contributed by atoms with E-state index in [0.717, 1.165) is 0 Å². The van der Waals surface area contributed by atoms with Gasteiger partial charge < -0.3 is 9.47 Å². The first-order chi connectivity index (χ1) is 12.8. The van der Waals surface area contributed by atoms with Crippen LogP contribution in [0.4, 0.5) is 4.39 Å². The molecule has 27 heavy (non-hydrogen) atoms. The van der Waals surface area contributed by atoms with Crippen LogP contribution in [-0.4, -0.2) is 5.97 Å². The number of allylic oxidation sites excluding steroid dienone is 1. The molecule has 1 saturated carbocycles. The summed E-state index contributed by atoms with van der Waals surface area (Å²) in [4.78, 5) is 12.4. The summed E-state index contributed by atoms with van der Waals surface area (Å²) in [6.07, 6.45) is -0.291. The van der Waals surface area contributed by atoms with Crippen LogP contribution in [0.1, 0.15) is 25.8 Å². The first kappa shape index (κ1) is 19.7. The molecular formula is C21H19Cl2FO3. The number of carbonyl (C=O) groups excluding carboxylic acids is 1. The molecule has 0 amide bonds. The summed E-state index contributed by atoms with van der Waals surface area (Å²) in [5, 5.41) is 0. The highest BCUT2D eigenvalue weighted by Crippen LogP contribution is 2.60. The molecule has 3 unspecified atom stereocenters. The van der Waals surface area contributed by atoms with E-state index < -0.39 is 18.2 Å². The van der Waals surface area contributed by atoms with E-state index in [2.05, 4.69) is 0 Å². The molecule has 142 valence electrons. The van der Waals surface area contributed by atoms with E-state index >= 15 is 0 Å². The van der Waals surface area contributed by atoms with Crippen molar-refractivity contribution in [3.8, 4) is 11.5 Å². The molecule has 0 saturated heterocycles. The normalized spacial score (nSPS) is 21.1. The van der Waals surface area contributed by atoms with Crippen LogP contribution in [0, 0.1) is 17.3 Å². The van der Waals surface area contributed by atoms with Crippen molar-refractivity contribution in [3.05, 3.63) is 70.7 Å². The number of alkyl halides is 1. The van der Waals surface area contributed by atoms with Crippen LogP contribution < -0.4 is 4.74 Å². The van der Waals surface area contributed by atoms with Crippen molar-refractivity contribution in [2.75, 3.05) is 0 Å². The third-order valence-corrected chi connectivity index (χ3v) is 5.04. The van der Waals surface area contributed by atoms with Crippen molar-refractivity contribution in [1.29, 1.82) is 0 Å². The van der Waals surface area contributed by atoms with Gasteiger partial charge in [-0.1, -0.05) is 67.4 Å². The second-order valence-electron chi connectivity index (χ2n) is 7.02. The molecule has 0 bridgehead atoms. The molecule has 1 fully saturated rings. The summed E-state index contributed by atoms with van der Waals surface area (Å²) in [5.41, 5.74) is -0.165. The van der Waals surface area contributed by atoms with E-state index in [0.29, 0.717) is 11.5 Å². The number of ether oxygens (including phenoxy) is 2. The highest BCUT2D eigenvalue weighted by molar-refractivity contribution is 6.55. The Morgan fingerprint density at radius 1 is 1.11 bits per heavy atom. The topological polar surface area (TPSA) is 35.5 Å². The van der Waals surface area contributed by atoms with Gasteiger partial charge in [-0.25, -0.2) is 0 Å². The summed E-state index contributed by atoms with van der Waals surface area (Å²) in [7, 11) is 0. The number of halogens is 3. The largest absolute Gasteiger partial charge is 0.457 e. The van der Waals surface area contributed by atoms with Crippen LogP contribution in [-0.2, 0) is 9.53 Å². The Morgan fingerprint density at radius 2 is 1.78 bits per heavy atom. The monoisotopic (exact) mass is 408 g/mol. The van der Waals surface area contributed by atoms with Gasteiger partial charge in [0.1, 0.15) is 16.0 Å². The van der Waals surface area contributed by atoms with Gasteiger partial charge in [0.2, 0.25) is 0 Å². The van der Waals surface area contributed by atoms with Crippen LogP contribution >= 0.6 is 23.2 Å². The summed E-state index contributed by atoms with van der Waals surface area (Å²) >= 11 is 11.4. The maximum Gasteiger partial charge on any atom is 0.312 e. The Hall–Kier alpha value is -2.04. The van der Waals surface area contributed by atoms with Gasteiger partial charge in [-0.05, 0) is 41.7 Å². The number of hydrogen-bond donors (Lipinski definition) is 0. The SMILES string of the molecule is CC1(C)C(C=C(Cl)Cl)C1C(=O)OC(F)c1cccc(Oc2ccccc2)c1. The lowest BCUT2D eigenvalue weighted by Gasteiger charge is -2.12. The highest BCUT2D eigenvalue weighted by Gasteiger charge is 2.62. The van der Waals surface area contributed by atoms with Crippen LogP contribution in [0.3, 0.4) is 0 Å². The Balaban J connectivity index is 1.66. The van der Waals surface area contributed by atoms with Crippen molar-refractivity contribution in [2.45, 2.75) is 20.2 Å². The Kier molecular flexibility index (Phi) is 5.78. The molecule has 1 aliphatic rings. The standard InChI is InChI=1S/C21H19Cl2FO3/c1-21(2)16(12-17(22)23)18(21)20(25)27-19(24)13-7-6-10-15(11-13)26-14-8-4-3-5-9-14/h3-12,16,18-19H,1-2H3. The minimum atomic E-state index is -1.88. The van der Waals surface area contributed by atoms with Crippen LogP contribution in [0.25, 0.3) is 0 Å². The van der Waals surface area contributed by atoms with Crippen LogP contribution in [0.5, 0.6) is 11.5 Å². The van der Waals surface area contributed by atoms with Crippen molar-refractivity contribution in [3.63, 3.8) is 0 Å². The van der Waals surface area contributed by atoms with E-state index in [9.17, 15) is 9.18 Å². The summed E-state index contributed by atoms with van der Waals surface area (Å²) in [5.74, 6) is -0.173. The molecule has 0 heterocycles. The fraction of sp³-hybridized carbons (Fsp3) is 0.286. The molecule has 1 aliphatic carbocycles. The third kappa shape index (κ3) is 4.63. The van der Waals surface area contributed by atoms with Gasteiger partial charge in [-0.3, -0.25) is 4.79 Å². The molecule has 0 N–H and O–H groups in total. The fourth-order valence-electron chi connectivity index (χ4n) is 3.16. The maximum absolute atomic E-state index is 14.6. The highest BCUT2D eigenvalue weighted by atomic mass is 35.5. The zero-order valence-corrected chi connectivity index (χ0v) is 16.4. The predicted molar refractivity (Wildman–Crippen MR) is 103 cm³/mol. The number of para-hydroxylation sites is 1. The molecule has 0 radical (unpaired) electrons. The van der Waals surface area contributed by atoms with Gasteiger partial charge in [0.25, 0.3) is 6.36 Å². The number of benzene rings is 2. The third-order valence-electron chi connectivity index (χ3n) is 4.79. The summed E-state index contributed by atoms with van der Waals surface area (Å²) in [6.45, 7) is 3.77. The average molecular weight is 409 g/mol. The second kappa shape index (κ2) is 7.91. The zero-order chi connectivity index (χ0) is 19.6. The second-order valence-corrected chi connectivity index (χ2v) is 8.03. The van der Waals surface area contributed by atoms with E-state index in [-0.39, 0.29) is 21.4 Å². The lowest BCUT2D eigenvalue weighted by molar-refractivity contribution is -0.161. The first-order valence-corrected chi connectivity index (χ1v) is 9.25. The molecule has 0 aromatic heterocycles. The van der Waals surface area contributed by atoms with Gasteiger partial charge >= 0.3 is 5.97 Å². The van der Waals surface area contributed by atoms with E-state index in [1.165, 1.54) is 6.07 Å².